The van der Waals surface area contributed by atoms with Crippen LogP contribution in [0.2, 0.25) is 0 Å². The quantitative estimate of drug-likeness (QED) is 0.867. The standard InChI is InChI=1S/C17H24BrN3O/c1-12(2)11-17(3)15(22)21(16(19)20(17)4)10-9-13-5-7-14(18)8-6-13/h5-8,12,19H,9-11H2,1-4H3. The molecule has 0 bridgehead atoms. The summed E-state index contributed by atoms with van der Waals surface area (Å²) < 4.78 is 1.05. The molecule has 1 unspecified atom stereocenters. The minimum Gasteiger partial charge on any atom is -0.331 e. The second kappa shape index (κ2) is 6.41. The Hall–Kier alpha value is -1.36. The van der Waals surface area contributed by atoms with E-state index >= 15 is 0 Å². The molecule has 0 radical (unpaired) electrons. The van der Waals surface area contributed by atoms with E-state index in [1.54, 1.807) is 4.90 Å². The van der Waals surface area contributed by atoms with Crippen LogP contribution in [0.25, 0.3) is 0 Å². The number of amides is 1. The first-order valence-corrected chi connectivity index (χ1v) is 8.44. The van der Waals surface area contributed by atoms with Crippen molar-refractivity contribution >= 4 is 27.8 Å². The summed E-state index contributed by atoms with van der Waals surface area (Å²) in [5.41, 5.74) is 0.578. The van der Waals surface area contributed by atoms with E-state index in [9.17, 15) is 4.79 Å². The summed E-state index contributed by atoms with van der Waals surface area (Å²) in [7, 11) is 1.85. The summed E-state index contributed by atoms with van der Waals surface area (Å²) in [6.45, 7) is 6.72. The zero-order valence-electron chi connectivity index (χ0n) is 13.7. The number of nitrogens with zero attached hydrogens (tertiary/aromatic N) is 2. The summed E-state index contributed by atoms with van der Waals surface area (Å²) in [4.78, 5) is 16.2. The topological polar surface area (TPSA) is 47.4 Å². The normalized spacial score (nSPS) is 22.1. The Kier molecular flexibility index (Phi) is 4.95. The number of carbonyl (C=O) groups excluding carboxylic acids is 1. The minimum absolute atomic E-state index is 0.0470. The molecule has 1 aliphatic rings. The van der Waals surface area contributed by atoms with Gasteiger partial charge in [-0.05, 0) is 43.4 Å². The minimum atomic E-state index is -0.592. The Bertz CT molecular complexity index is 570. The molecule has 22 heavy (non-hydrogen) atoms. The van der Waals surface area contributed by atoms with Gasteiger partial charge in [-0.2, -0.15) is 0 Å². The predicted molar refractivity (Wildman–Crippen MR) is 92.9 cm³/mol. The van der Waals surface area contributed by atoms with Gasteiger partial charge in [0.05, 0.1) is 0 Å². The molecule has 1 aliphatic heterocycles. The van der Waals surface area contributed by atoms with E-state index in [1.165, 1.54) is 5.56 Å². The van der Waals surface area contributed by atoms with Crippen LogP contribution in [-0.4, -0.2) is 40.8 Å². The van der Waals surface area contributed by atoms with Gasteiger partial charge in [0.1, 0.15) is 5.54 Å². The average Bonchev–Trinajstić information content (AvgIpc) is 2.60. The van der Waals surface area contributed by atoms with E-state index in [0.29, 0.717) is 18.4 Å². The molecule has 0 spiro atoms. The average molecular weight is 366 g/mol. The predicted octanol–water partition coefficient (Wildman–Crippen LogP) is 3.51. The van der Waals surface area contributed by atoms with E-state index in [0.717, 1.165) is 17.3 Å². The van der Waals surface area contributed by atoms with Gasteiger partial charge in [0, 0.05) is 18.1 Å². The second-order valence-corrected chi connectivity index (χ2v) is 7.50. The van der Waals surface area contributed by atoms with Crippen molar-refractivity contribution in [1.29, 1.82) is 5.41 Å². The number of hydrogen-bond donors (Lipinski definition) is 1. The van der Waals surface area contributed by atoms with Crippen LogP contribution in [0.15, 0.2) is 28.7 Å². The highest BCUT2D eigenvalue weighted by Gasteiger charge is 2.50. The van der Waals surface area contributed by atoms with Gasteiger partial charge in [-0.25, -0.2) is 0 Å². The van der Waals surface area contributed by atoms with Gasteiger partial charge in [0.15, 0.2) is 0 Å². The summed E-state index contributed by atoms with van der Waals surface area (Å²) in [5.74, 6) is 0.770. The van der Waals surface area contributed by atoms with Crippen molar-refractivity contribution in [1.82, 2.24) is 9.80 Å². The van der Waals surface area contributed by atoms with E-state index in [4.69, 9.17) is 5.41 Å². The number of nitrogens with one attached hydrogen (secondary N) is 1. The molecule has 1 atom stereocenters. The summed E-state index contributed by atoms with van der Waals surface area (Å²) in [5, 5.41) is 8.27. The number of carbonyl (C=O) groups is 1. The highest BCUT2D eigenvalue weighted by Crippen LogP contribution is 2.31. The van der Waals surface area contributed by atoms with Crippen LogP contribution in [-0.2, 0) is 11.2 Å². The highest BCUT2D eigenvalue weighted by atomic mass is 79.9. The van der Waals surface area contributed by atoms with Crippen LogP contribution in [0.5, 0.6) is 0 Å². The molecule has 0 aliphatic carbocycles. The van der Waals surface area contributed by atoms with Crippen molar-refractivity contribution in [3.05, 3.63) is 34.3 Å². The molecular weight excluding hydrogens is 342 g/mol. The van der Waals surface area contributed by atoms with Crippen LogP contribution < -0.4 is 0 Å². The van der Waals surface area contributed by atoms with E-state index in [2.05, 4.69) is 29.8 Å². The van der Waals surface area contributed by atoms with Crippen molar-refractivity contribution < 1.29 is 4.79 Å². The van der Waals surface area contributed by atoms with Crippen molar-refractivity contribution in [2.45, 2.75) is 39.2 Å². The van der Waals surface area contributed by atoms with Crippen LogP contribution in [0.1, 0.15) is 32.8 Å². The number of halogens is 1. The van der Waals surface area contributed by atoms with Crippen LogP contribution >= 0.6 is 15.9 Å². The summed E-state index contributed by atoms with van der Waals surface area (Å²) in [6, 6.07) is 8.10. The van der Waals surface area contributed by atoms with Crippen LogP contribution in [0, 0.1) is 11.3 Å². The Morgan fingerprint density at radius 2 is 1.86 bits per heavy atom. The van der Waals surface area contributed by atoms with Gasteiger partial charge in [-0.1, -0.05) is 41.9 Å². The van der Waals surface area contributed by atoms with E-state index in [1.807, 2.05) is 43.1 Å². The third kappa shape index (κ3) is 3.19. The second-order valence-electron chi connectivity index (χ2n) is 6.59. The maximum atomic E-state index is 12.8. The lowest BCUT2D eigenvalue weighted by atomic mass is 9.89. The van der Waals surface area contributed by atoms with Gasteiger partial charge in [0.25, 0.3) is 5.91 Å². The number of benzene rings is 1. The molecule has 1 N–H and O–H groups in total. The maximum absolute atomic E-state index is 12.8. The lowest BCUT2D eigenvalue weighted by Crippen LogP contribution is -2.46. The van der Waals surface area contributed by atoms with Gasteiger partial charge < -0.3 is 4.90 Å². The molecule has 2 rings (SSSR count). The number of likely N-dealkylation sites (N-methyl/N-ethyl adjacent to an activating group) is 1. The molecule has 1 fully saturated rings. The van der Waals surface area contributed by atoms with E-state index < -0.39 is 5.54 Å². The summed E-state index contributed by atoms with van der Waals surface area (Å²) >= 11 is 3.42. The molecule has 1 amide bonds. The third-order valence-electron chi connectivity index (χ3n) is 4.36. The zero-order chi connectivity index (χ0) is 16.5. The van der Waals surface area contributed by atoms with Crippen LogP contribution in [0.4, 0.5) is 0 Å². The van der Waals surface area contributed by atoms with Crippen molar-refractivity contribution in [3.63, 3.8) is 0 Å². The Labute approximate surface area is 141 Å². The Morgan fingerprint density at radius 1 is 1.27 bits per heavy atom. The smallest absolute Gasteiger partial charge is 0.254 e. The largest absolute Gasteiger partial charge is 0.331 e. The number of hydrogen-bond acceptors (Lipinski definition) is 2. The molecule has 1 aromatic carbocycles. The molecule has 120 valence electrons. The van der Waals surface area contributed by atoms with Gasteiger partial charge in [-0.15, -0.1) is 0 Å². The molecule has 1 aromatic rings. The molecule has 0 saturated carbocycles. The first kappa shape index (κ1) is 17.0. The zero-order valence-corrected chi connectivity index (χ0v) is 15.3. The molecule has 1 saturated heterocycles. The Balaban J connectivity index is 2.10. The maximum Gasteiger partial charge on any atom is 0.254 e. The third-order valence-corrected chi connectivity index (χ3v) is 4.89. The van der Waals surface area contributed by atoms with Gasteiger partial charge >= 0.3 is 0 Å². The fourth-order valence-electron chi connectivity index (χ4n) is 3.06. The van der Waals surface area contributed by atoms with Crippen molar-refractivity contribution in [3.8, 4) is 0 Å². The fraction of sp³-hybridized carbons (Fsp3) is 0.529. The van der Waals surface area contributed by atoms with Gasteiger partial charge in [-0.3, -0.25) is 15.1 Å². The monoisotopic (exact) mass is 365 g/mol. The number of guanidine groups is 1. The van der Waals surface area contributed by atoms with E-state index in [-0.39, 0.29) is 5.91 Å². The molecule has 4 nitrogen and oxygen atoms in total. The van der Waals surface area contributed by atoms with Crippen molar-refractivity contribution in [2.24, 2.45) is 5.92 Å². The first-order chi connectivity index (χ1) is 10.3. The SMILES string of the molecule is CC(C)CC1(C)C(=O)N(CCc2ccc(Br)cc2)C(=N)N1C. The first-order valence-electron chi connectivity index (χ1n) is 7.64. The van der Waals surface area contributed by atoms with Crippen molar-refractivity contribution in [2.75, 3.05) is 13.6 Å². The Morgan fingerprint density at radius 3 is 2.41 bits per heavy atom. The molecular formula is C17H24BrN3O. The lowest BCUT2D eigenvalue weighted by Gasteiger charge is -2.30. The summed E-state index contributed by atoms with van der Waals surface area (Å²) in [6.07, 6.45) is 1.52. The molecule has 0 aromatic heterocycles. The lowest BCUT2D eigenvalue weighted by molar-refractivity contribution is -0.132. The molecule has 5 heteroatoms. The van der Waals surface area contributed by atoms with Gasteiger partial charge in [0.2, 0.25) is 5.96 Å². The number of rotatable bonds is 5. The molecule has 1 heterocycles. The fourth-order valence-corrected chi connectivity index (χ4v) is 3.33. The highest BCUT2D eigenvalue weighted by molar-refractivity contribution is 9.10. The van der Waals surface area contributed by atoms with Crippen LogP contribution in [0.3, 0.4) is 0 Å².